The number of H-pyrrole nitrogens is 2. The smallest absolute Gasteiger partial charge is 0.354 e. The fourth-order valence-electron chi connectivity index (χ4n) is 7.59. The molecule has 4 aromatic carbocycles. The molecule has 6 N–H and O–H groups in total. The standard InChI is InChI=1S/C44H30N4O12S4.Pd/c49-61(50,51)29-9-1-25(2-10-29)41-33-17-19-35(45-33)42(26-3-11-30(12-4-26)62(52,53)54)37-21-23-39(47-37)44(28-7-15-32(16-8-28)64(58,59)60)40-24-22-38(48-40)43(36-20-18-34(41)46-36)27-5-13-31(14-6-27)63(55,56)57;/h1-24,45,48H,(H,49,50,51)(H,52,53,54)(H,55,56,57)(H,58,59,60);/q;+2. The zero-order valence-corrected chi connectivity index (χ0v) is 37.6. The number of aromatic nitrogens is 4. The molecule has 0 aliphatic carbocycles. The monoisotopic (exact) mass is 1040 g/mol. The maximum absolute atomic E-state index is 12.0. The summed E-state index contributed by atoms with van der Waals surface area (Å²) in [6, 6.07) is 29.0. The molecule has 2 aliphatic rings. The molecule has 0 saturated carbocycles. The van der Waals surface area contributed by atoms with E-state index >= 15 is 0 Å². The molecule has 5 heterocycles. The third kappa shape index (κ3) is 8.94. The Morgan fingerprint density at radius 1 is 0.308 bits per heavy atom. The molecule has 9 rings (SSSR count). The van der Waals surface area contributed by atoms with Crippen LogP contribution >= 0.6 is 0 Å². The van der Waals surface area contributed by atoms with Crippen molar-refractivity contribution in [3.8, 4) is 44.5 Å². The molecule has 0 fully saturated rings. The van der Waals surface area contributed by atoms with Gasteiger partial charge in [-0.15, -0.1) is 0 Å². The first kappa shape index (κ1) is 45.4. The van der Waals surface area contributed by atoms with Crippen LogP contribution in [0.1, 0.15) is 22.8 Å². The molecule has 8 bridgehead atoms. The van der Waals surface area contributed by atoms with E-state index in [0.29, 0.717) is 89.4 Å². The second kappa shape index (κ2) is 16.6. The second-order valence-corrected chi connectivity index (χ2v) is 20.2. The van der Waals surface area contributed by atoms with Gasteiger partial charge in [-0.2, -0.15) is 33.7 Å². The van der Waals surface area contributed by atoms with Crippen molar-refractivity contribution in [1.29, 1.82) is 0 Å². The Labute approximate surface area is 384 Å². The zero-order chi connectivity index (χ0) is 45.3. The number of aromatic amines is 2. The zero-order valence-electron chi connectivity index (χ0n) is 32.8. The Kier molecular flexibility index (Phi) is 11.6. The van der Waals surface area contributed by atoms with Gasteiger partial charge in [-0.05, 0) is 119 Å². The van der Waals surface area contributed by atoms with Crippen LogP contribution in [0, 0.1) is 0 Å². The largest absolute Gasteiger partial charge is 2.00 e. The van der Waals surface area contributed by atoms with Gasteiger partial charge >= 0.3 is 20.4 Å². The van der Waals surface area contributed by atoms with E-state index < -0.39 is 40.5 Å². The van der Waals surface area contributed by atoms with Crippen molar-refractivity contribution in [1.82, 2.24) is 19.9 Å². The minimum absolute atomic E-state index is 0. The van der Waals surface area contributed by atoms with Crippen molar-refractivity contribution in [2.75, 3.05) is 0 Å². The van der Waals surface area contributed by atoms with Crippen LogP contribution in [0.2, 0.25) is 0 Å². The second-order valence-electron chi connectivity index (χ2n) is 14.5. The van der Waals surface area contributed by atoms with Crippen molar-refractivity contribution in [3.05, 3.63) is 144 Å². The Morgan fingerprint density at radius 3 is 0.662 bits per heavy atom. The molecule has 7 aromatic rings. The Balaban J connectivity index is 0.00000576. The summed E-state index contributed by atoms with van der Waals surface area (Å²) in [6.45, 7) is 0. The van der Waals surface area contributed by atoms with Crippen LogP contribution in [0.25, 0.3) is 90.9 Å². The minimum atomic E-state index is -4.55. The SMILES string of the molecule is O=S(=O)(O)c1ccc(-c2c3nc(c(-c4ccc(S(=O)(=O)O)cc4)c4ccc([nH]4)c(-c4ccc(S(=O)(=O)O)cc4)c4nc(c(-c5ccc(S(=O)(=O)O)cc5)c5ccc2[nH]5)C=C4)C=C3)cc1.[Pd+2]. The summed E-state index contributed by atoms with van der Waals surface area (Å²) in [4.78, 5) is 15.6. The van der Waals surface area contributed by atoms with Gasteiger partial charge in [0.1, 0.15) is 0 Å². The maximum Gasteiger partial charge on any atom is 2.00 e. The summed E-state index contributed by atoms with van der Waals surface area (Å²) in [5.41, 5.74) is 7.41. The molecule has 2 aliphatic heterocycles. The first-order valence-corrected chi connectivity index (χ1v) is 24.5. The molecule has 21 heteroatoms. The van der Waals surface area contributed by atoms with Gasteiger partial charge in [0.2, 0.25) is 0 Å². The molecule has 0 amide bonds. The van der Waals surface area contributed by atoms with Crippen molar-refractivity contribution < 1.29 is 72.3 Å². The summed E-state index contributed by atoms with van der Waals surface area (Å²) in [5.74, 6) is 0. The molecule has 0 radical (unpaired) electrons. The van der Waals surface area contributed by atoms with Crippen molar-refractivity contribution in [2.24, 2.45) is 0 Å². The first-order valence-electron chi connectivity index (χ1n) is 18.7. The summed E-state index contributed by atoms with van der Waals surface area (Å²) >= 11 is 0. The predicted molar refractivity (Wildman–Crippen MR) is 240 cm³/mol. The summed E-state index contributed by atoms with van der Waals surface area (Å²) in [5, 5.41) is 0. The van der Waals surface area contributed by atoms with Crippen LogP contribution in [-0.2, 0) is 60.9 Å². The van der Waals surface area contributed by atoms with Crippen LogP contribution in [0.15, 0.2) is 141 Å². The van der Waals surface area contributed by atoms with Gasteiger partial charge in [0.05, 0.1) is 42.4 Å². The quantitative estimate of drug-likeness (QED) is 0.0617. The molecule has 0 unspecified atom stereocenters. The maximum atomic E-state index is 12.0. The molecule has 16 nitrogen and oxygen atoms in total. The van der Waals surface area contributed by atoms with Crippen LogP contribution in [0.5, 0.6) is 0 Å². The molecule has 0 atom stereocenters. The fraction of sp³-hybridized carbons (Fsp3) is 0. The van der Waals surface area contributed by atoms with Gasteiger partial charge in [-0.1, -0.05) is 48.5 Å². The number of hydrogen-bond acceptors (Lipinski definition) is 10. The first-order chi connectivity index (χ1) is 30.2. The molecule has 0 saturated heterocycles. The van der Waals surface area contributed by atoms with Gasteiger partial charge < -0.3 is 9.97 Å². The molecule has 330 valence electrons. The van der Waals surface area contributed by atoms with E-state index in [-0.39, 0.29) is 40.0 Å². The molecule has 0 spiro atoms. The van der Waals surface area contributed by atoms with E-state index in [1.54, 1.807) is 48.6 Å². The van der Waals surface area contributed by atoms with E-state index in [1.807, 2.05) is 0 Å². The van der Waals surface area contributed by atoms with Gasteiger partial charge in [0, 0.05) is 44.3 Å². The molecular weight excluding hydrogens is 1010 g/mol. The van der Waals surface area contributed by atoms with Gasteiger partial charge in [0.15, 0.2) is 0 Å². The summed E-state index contributed by atoms with van der Waals surface area (Å²) in [6.07, 6.45) is 6.92. The Morgan fingerprint density at radius 2 is 0.492 bits per heavy atom. The Hall–Kier alpha value is -6.22. The third-order valence-corrected chi connectivity index (χ3v) is 14.0. The van der Waals surface area contributed by atoms with Crippen LogP contribution in [0.4, 0.5) is 0 Å². The minimum Gasteiger partial charge on any atom is -0.354 e. The van der Waals surface area contributed by atoms with Crippen molar-refractivity contribution in [3.63, 3.8) is 0 Å². The Bertz CT molecular complexity index is 3300. The molecule has 3 aromatic heterocycles. The predicted octanol–water partition coefficient (Wildman–Crippen LogP) is 8.31. The van der Waals surface area contributed by atoms with Crippen LogP contribution in [-0.4, -0.2) is 71.8 Å². The van der Waals surface area contributed by atoms with E-state index in [9.17, 15) is 51.9 Å². The fourth-order valence-corrected chi connectivity index (χ4v) is 9.51. The number of hydrogen-bond donors (Lipinski definition) is 6. The van der Waals surface area contributed by atoms with E-state index in [4.69, 9.17) is 9.97 Å². The number of benzene rings is 4. The van der Waals surface area contributed by atoms with E-state index in [0.717, 1.165) is 0 Å². The normalized spacial score (nSPS) is 12.9. The number of nitrogens with one attached hydrogen (secondary N) is 2. The van der Waals surface area contributed by atoms with E-state index in [1.165, 1.54) is 97.1 Å². The van der Waals surface area contributed by atoms with Crippen molar-refractivity contribution in [2.45, 2.75) is 19.6 Å². The van der Waals surface area contributed by atoms with Gasteiger partial charge in [0.25, 0.3) is 40.5 Å². The molecular formula is C44H30N4O12PdS4+2. The topological polar surface area (TPSA) is 275 Å². The average Bonchev–Trinajstić information content (AvgIpc) is 4.08. The van der Waals surface area contributed by atoms with Gasteiger partial charge in [-0.25, -0.2) is 9.97 Å². The van der Waals surface area contributed by atoms with E-state index in [2.05, 4.69) is 9.97 Å². The summed E-state index contributed by atoms with van der Waals surface area (Å²) in [7, 11) is -18.2. The average molecular weight is 1040 g/mol. The number of fused-ring (bicyclic) bond motifs is 8. The van der Waals surface area contributed by atoms with Crippen LogP contribution in [0.3, 0.4) is 0 Å². The van der Waals surface area contributed by atoms with Gasteiger partial charge in [-0.3, -0.25) is 18.2 Å². The number of rotatable bonds is 8. The third-order valence-electron chi connectivity index (χ3n) is 10.5. The number of nitrogens with zero attached hydrogens (tertiary/aromatic N) is 2. The van der Waals surface area contributed by atoms with Crippen molar-refractivity contribution >= 4 is 86.8 Å². The summed E-state index contributed by atoms with van der Waals surface area (Å²) < 4.78 is 135. The molecule has 65 heavy (non-hydrogen) atoms. The van der Waals surface area contributed by atoms with Crippen LogP contribution < -0.4 is 0 Å².